The number of hydrogen-bond acceptors (Lipinski definition) is 3. The third-order valence-corrected chi connectivity index (χ3v) is 3.11. The summed E-state index contributed by atoms with van der Waals surface area (Å²) in [4.78, 5) is 6.40. The average Bonchev–Trinajstić information content (AvgIpc) is 2.21. The van der Waals surface area contributed by atoms with Crippen molar-refractivity contribution in [1.29, 1.82) is 0 Å². The number of ether oxygens (including phenoxy) is 1. The second kappa shape index (κ2) is 5.51. The van der Waals surface area contributed by atoms with Crippen LogP contribution in [-0.2, 0) is 6.42 Å². The van der Waals surface area contributed by atoms with Gasteiger partial charge in [-0.2, -0.15) is 0 Å². The Morgan fingerprint density at radius 2 is 2.31 bits per heavy atom. The van der Waals surface area contributed by atoms with Crippen LogP contribution in [0.25, 0.3) is 0 Å². The topological polar surface area (TPSA) is 25.4 Å². The predicted molar refractivity (Wildman–Crippen MR) is 64.9 cm³/mol. The summed E-state index contributed by atoms with van der Waals surface area (Å²) in [6, 6.07) is 2.00. The van der Waals surface area contributed by atoms with Gasteiger partial charge in [-0.3, -0.25) is 4.90 Å². The zero-order valence-corrected chi connectivity index (χ0v) is 10.3. The molecule has 0 atom stereocenters. The lowest BCUT2D eigenvalue weighted by molar-refractivity contribution is 0.0728. The van der Waals surface area contributed by atoms with Crippen LogP contribution in [0.15, 0.2) is 12.3 Å². The van der Waals surface area contributed by atoms with E-state index in [0.717, 1.165) is 37.2 Å². The van der Waals surface area contributed by atoms with Gasteiger partial charge in [0.05, 0.1) is 6.20 Å². The largest absolute Gasteiger partial charge is 0.477 e. The second-order valence-electron chi connectivity index (χ2n) is 4.12. The Kier molecular flexibility index (Phi) is 4.02. The SMILES string of the molecule is CCCc1cc(OCN2CCC2)cnc1Cl. The van der Waals surface area contributed by atoms with Gasteiger partial charge in [-0.1, -0.05) is 24.9 Å². The molecular weight excluding hydrogens is 224 g/mol. The zero-order valence-electron chi connectivity index (χ0n) is 9.58. The first-order valence-corrected chi connectivity index (χ1v) is 6.17. The second-order valence-corrected chi connectivity index (χ2v) is 4.47. The summed E-state index contributed by atoms with van der Waals surface area (Å²) in [5.74, 6) is 0.819. The maximum atomic E-state index is 6.00. The van der Waals surface area contributed by atoms with Crippen molar-refractivity contribution in [2.45, 2.75) is 26.2 Å². The molecule has 1 aliphatic heterocycles. The Labute approximate surface area is 101 Å². The molecule has 0 N–H and O–H groups in total. The quantitative estimate of drug-likeness (QED) is 0.740. The fourth-order valence-corrected chi connectivity index (χ4v) is 1.87. The summed E-state index contributed by atoms with van der Waals surface area (Å²) in [7, 11) is 0. The number of aromatic nitrogens is 1. The van der Waals surface area contributed by atoms with Crippen LogP contribution in [0, 0.1) is 0 Å². The summed E-state index contributed by atoms with van der Waals surface area (Å²) >= 11 is 6.00. The molecule has 2 heterocycles. The summed E-state index contributed by atoms with van der Waals surface area (Å²) in [5.41, 5.74) is 1.07. The van der Waals surface area contributed by atoms with E-state index in [0.29, 0.717) is 11.9 Å². The molecule has 0 aromatic carbocycles. The fourth-order valence-electron chi connectivity index (χ4n) is 1.67. The molecule has 1 aromatic rings. The number of aryl methyl sites for hydroxylation is 1. The minimum Gasteiger partial charge on any atom is -0.477 e. The first kappa shape index (κ1) is 11.7. The lowest BCUT2D eigenvalue weighted by Gasteiger charge is -2.30. The van der Waals surface area contributed by atoms with Gasteiger partial charge >= 0.3 is 0 Å². The van der Waals surface area contributed by atoms with Gasteiger partial charge in [-0.05, 0) is 24.5 Å². The molecule has 0 unspecified atom stereocenters. The average molecular weight is 241 g/mol. The molecule has 0 amide bonds. The van der Waals surface area contributed by atoms with E-state index in [4.69, 9.17) is 16.3 Å². The molecule has 88 valence electrons. The van der Waals surface area contributed by atoms with Crippen LogP contribution in [0.3, 0.4) is 0 Å². The van der Waals surface area contributed by atoms with Crippen LogP contribution in [0.4, 0.5) is 0 Å². The number of hydrogen-bond donors (Lipinski definition) is 0. The van der Waals surface area contributed by atoms with Gasteiger partial charge in [0.15, 0.2) is 0 Å². The molecule has 1 aromatic heterocycles. The van der Waals surface area contributed by atoms with E-state index in [2.05, 4.69) is 16.8 Å². The van der Waals surface area contributed by atoms with Crippen molar-refractivity contribution in [1.82, 2.24) is 9.88 Å². The number of rotatable bonds is 5. The summed E-state index contributed by atoms with van der Waals surface area (Å²) in [6.07, 6.45) is 4.99. The molecule has 0 saturated carbocycles. The van der Waals surface area contributed by atoms with Crippen LogP contribution < -0.4 is 4.74 Å². The van der Waals surface area contributed by atoms with E-state index in [9.17, 15) is 0 Å². The van der Waals surface area contributed by atoms with Gasteiger partial charge in [0, 0.05) is 13.1 Å². The van der Waals surface area contributed by atoms with Crippen LogP contribution in [0.2, 0.25) is 5.15 Å². The van der Waals surface area contributed by atoms with Crippen molar-refractivity contribution in [3.63, 3.8) is 0 Å². The molecule has 3 nitrogen and oxygen atoms in total. The number of likely N-dealkylation sites (tertiary alicyclic amines) is 1. The summed E-state index contributed by atoms with van der Waals surface area (Å²) in [5, 5.41) is 0.596. The fraction of sp³-hybridized carbons (Fsp3) is 0.583. The van der Waals surface area contributed by atoms with Crippen molar-refractivity contribution < 1.29 is 4.74 Å². The van der Waals surface area contributed by atoms with Crippen molar-refractivity contribution in [3.05, 3.63) is 23.0 Å². The Morgan fingerprint density at radius 1 is 1.50 bits per heavy atom. The molecule has 1 fully saturated rings. The van der Waals surface area contributed by atoms with Crippen LogP contribution in [0.5, 0.6) is 5.75 Å². The van der Waals surface area contributed by atoms with Crippen LogP contribution >= 0.6 is 11.6 Å². The van der Waals surface area contributed by atoms with E-state index in [1.165, 1.54) is 6.42 Å². The maximum absolute atomic E-state index is 6.00. The molecule has 0 spiro atoms. The minimum absolute atomic E-state index is 0.596. The standard InChI is InChI=1S/C12H17ClN2O/c1-2-4-10-7-11(8-14-12(10)13)16-9-15-5-3-6-15/h7-8H,2-6,9H2,1H3. The van der Waals surface area contributed by atoms with Gasteiger partial charge in [0.2, 0.25) is 0 Å². The highest BCUT2D eigenvalue weighted by atomic mass is 35.5. The lowest BCUT2D eigenvalue weighted by atomic mass is 10.2. The predicted octanol–water partition coefficient (Wildman–Crippen LogP) is 2.73. The van der Waals surface area contributed by atoms with Gasteiger partial charge in [0.1, 0.15) is 17.6 Å². The molecular formula is C12H17ClN2O. The summed E-state index contributed by atoms with van der Waals surface area (Å²) in [6.45, 7) is 5.07. The minimum atomic E-state index is 0.596. The van der Waals surface area contributed by atoms with Gasteiger partial charge in [-0.25, -0.2) is 4.98 Å². The summed E-state index contributed by atoms with van der Waals surface area (Å²) < 4.78 is 5.66. The van der Waals surface area contributed by atoms with E-state index in [1.807, 2.05) is 6.07 Å². The third kappa shape index (κ3) is 2.86. The first-order chi connectivity index (χ1) is 7.79. The number of pyridine rings is 1. The Bertz CT molecular complexity index is 353. The van der Waals surface area contributed by atoms with Crippen LogP contribution in [-0.4, -0.2) is 29.7 Å². The molecule has 0 bridgehead atoms. The molecule has 2 rings (SSSR count). The lowest BCUT2D eigenvalue weighted by Crippen LogP contribution is -2.39. The van der Waals surface area contributed by atoms with E-state index in [1.54, 1.807) is 6.20 Å². The highest BCUT2D eigenvalue weighted by Crippen LogP contribution is 2.21. The third-order valence-electron chi connectivity index (χ3n) is 2.77. The molecule has 1 aliphatic rings. The maximum Gasteiger partial charge on any atom is 0.142 e. The van der Waals surface area contributed by atoms with E-state index >= 15 is 0 Å². The van der Waals surface area contributed by atoms with E-state index in [-0.39, 0.29) is 0 Å². The van der Waals surface area contributed by atoms with Crippen molar-refractivity contribution in [2.75, 3.05) is 19.8 Å². The molecule has 16 heavy (non-hydrogen) atoms. The Morgan fingerprint density at radius 3 is 2.94 bits per heavy atom. The number of nitrogens with zero attached hydrogens (tertiary/aromatic N) is 2. The molecule has 4 heteroatoms. The smallest absolute Gasteiger partial charge is 0.142 e. The Hall–Kier alpha value is -0.800. The van der Waals surface area contributed by atoms with Crippen LogP contribution in [0.1, 0.15) is 25.3 Å². The highest BCUT2D eigenvalue weighted by molar-refractivity contribution is 6.30. The van der Waals surface area contributed by atoms with Crippen molar-refractivity contribution in [3.8, 4) is 5.75 Å². The van der Waals surface area contributed by atoms with Gasteiger partial charge < -0.3 is 4.74 Å². The zero-order chi connectivity index (χ0) is 11.4. The van der Waals surface area contributed by atoms with Gasteiger partial charge in [-0.15, -0.1) is 0 Å². The van der Waals surface area contributed by atoms with Crippen molar-refractivity contribution >= 4 is 11.6 Å². The normalized spacial score (nSPS) is 15.9. The highest BCUT2D eigenvalue weighted by Gasteiger charge is 2.13. The Balaban J connectivity index is 1.94. The van der Waals surface area contributed by atoms with Crippen molar-refractivity contribution in [2.24, 2.45) is 0 Å². The molecule has 1 saturated heterocycles. The van der Waals surface area contributed by atoms with E-state index < -0.39 is 0 Å². The number of halogens is 1. The molecule has 0 radical (unpaired) electrons. The van der Waals surface area contributed by atoms with Gasteiger partial charge in [0.25, 0.3) is 0 Å². The first-order valence-electron chi connectivity index (χ1n) is 5.79. The monoisotopic (exact) mass is 240 g/mol. The molecule has 0 aliphatic carbocycles.